The van der Waals surface area contributed by atoms with Gasteiger partial charge in [-0.1, -0.05) is 91.9 Å². The van der Waals surface area contributed by atoms with Crippen LogP contribution < -0.4 is 0 Å². The van der Waals surface area contributed by atoms with Crippen LogP contribution in [0.5, 0.6) is 0 Å². The molecule has 1 unspecified atom stereocenters. The molecule has 0 aromatic heterocycles. The molecule has 1 atom stereocenters. The van der Waals surface area contributed by atoms with E-state index in [4.69, 9.17) is 9.16 Å². The molecule has 168 valence electrons. The zero-order valence-electron chi connectivity index (χ0n) is 20.2. The summed E-state index contributed by atoms with van der Waals surface area (Å²) in [5, 5.41) is 0.278. The summed E-state index contributed by atoms with van der Waals surface area (Å²) >= 11 is 0. The van der Waals surface area contributed by atoms with Gasteiger partial charge < -0.3 is 9.16 Å². The SMILES string of the molecule is CCCCCCCCC(CCCCCCCC(=O)OC)O[Si](C)(C)C(C)(C)C. The minimum Gasteiger partial charge on any atom is -0.469 e. The first-order valence-electron chi connectivity index (χ1n) is 11.9. The molecule has 0 rings (SSSR count). The van der Waals surface area contributed by atoms with E-state index in [9.17, 15) is 4.79 Å². The van der Waals surface area contributed by atoms with Crippen molar-refractivity contribution in [1.29, 1.82) is 0 Å². The summed E-state index contributed by atoms with van der Waals surface area (Å²) in [5.74, 6) is -0.0817. The van der Waals surface area contributed by atoms with E-state index in [-0.39, 0.29) is 11.0 Å². The Balaban J connectivity index is 4.24. The Morgan fingerprint density at radius 2 is 1.29 bits per heavy atom. The van der Waals surface area contributed by atoms with Crippen LogP contribution in [0.15, 0.2) is 0 Å². The summed E-state index contributed by atoms with van der Waals surface area (Å²) in [5.41, 5.74) is 0. The molecule has 4 heteroatoms. The second-order valence-corrected chi connectivity index (χ2v) is 14.7. The molecule has 0 saturated carbocycles. The third kappa shape index (κ3) is 13.8. The number of hydrogen-bond acceptors (Lipinski definition) is 3. The molecule has 0 N–H and O–H groups in total. The number of ether oxygens (including phenoxy) is 1. The van der Waals surface area contributed by atoms with Gasteiger partial charge in [-0.25, -0.2) is 0 Å². The van der Waals surface area contributed by atoms with Gasteiger partial charge >= 0.3 is 5.97 Å². The van der Waals surface area contributed by atoms with Gasteiger partial charge in [0.25, 0.3) is 0 Å². The maximum atomic E-state index is 11.2. The second-order valence-electron chi connectivity index (χ2n) is 9.94. The molecule has 0 heterocycles. The largest absolute Gasteiger partial charge is 0.469 e. The van der Waals surface area contributed by atoms with Crippen LogP contribution in [0.2, 0.25) is 18.1 Å². The first-order chi connectivity index (χ1) is 13.1. The van der Waals surface area contributed by atoms with Crippen LogP contribution in [0.25, 0.3) is 0 Å². The van der Waals surface area contributed by atoms with Crippen molar-refractivity contribution in [3.63, 3.8) is 0 Å². The summed E-state index contributed by atoms with van der Waals surface area (Å²) in [7, 11) is -0.232. The summed E-state index contributed by atoms with van der Waals surface area (Å²) in [6.07, 6.45) is 17.3. The van der Waals surface area contributed by atoms with Crippen LogP contribution in [0.4, 0.5) is 0 Å². The fraction of sp³-hybridized carbons (Fsp3) is 0.958. The average molecular weight is 415 g/mol. The molecule has 0 spiro atoms. The molecular formula is C24H50O3Si. The Morgan fingerprint density at radius 3 is 1.75 bits per heavy atom. The van der Waals surface area contributed by atoms with Crippen LogP contribution in [-0.2, 0) is 14.0 Å². The molecule has 0 aromatic rings. The van der Waals surface area contributed by atoms with E-state index in [1.54, 1.807) is 0 Å². The van der Waals surface area contributed by atoms with Gasteiger partial charge in [-0.15, -0.1) is 0 Å². The minimum absolute atomic E-state index is 0.0817. The number of rotatable bonds is 17. The third-order valence-electron chi connectivity index (χ3n) is 6.28. The van der Waals surface area contributed by atoms with Gasteiger partial charge in [0.1, 0.15) is 0 Å². The maximum absolute atomic E-state index is 11.2. The van der Waals surface area contributed by atoms with Crippen molar-refractivity contribution in [3.8, 4) is 0 Å². The van der Waals surface area contributed by atoms with Gasteiger partial charge in [-0.3, -0.25) is 4.79 Å². The highest BCUT2D eigenvalue weighted by molar-refractivity contribution is 6.74. The van der Waals surface area contributed by atoms with Gasteiger partial charge in [0.05, 0.1) is 7.11 Å². The number of unbranched alkanes of at least 4 members (excludes halogenated alkanes) is 9. The Labute approximate surface area is 177 Å². The van der Waals surface area contributed by atoms with Crippen LogP contribution >= 0.6 is 0 Å². The lowest BCUT2D eigenvalue weighted by Gasteiger charge is -2.39. The first kappa shape index (κ1) is 27.6. The van der Waals surface area contributed by atoms with E-state index >= 15 is 0 Å². The highest BCUT2D eigenvalue weighted by Crippen LogP contribution is 2.38. The van der Waals surface area contributed by atoms with Crippen LogP contribution in [-0.4, -0.2) is 27.5 Å². The predicted molar refractivity (Wildman–Crippen MR) is 124 cm³/mol. The number of carbonyl (C=O) groups excluding carboxylic acids is 1. The molecule has 28 heavy (non-hydrogen) atoms. The molecule has 0 aromatic carbocycles. The topological polar surface area (TPSA) is 35.5 Å². The second kappa shape index (κ2) is 15.5. The van der Waals surface area contributed by atoms with Gasteiger partial charge in [-0.05, 0) is 37.4 Å². The lowest BCUT2D eigenvalue weighted by atomic mass is 10.0. The van der Waals surface area contributed by atoms with E-state index in [0.717, 1.165) is 12.8 Å². The maximum Gasteiger partial charge on any atom is 0.305 e. The Morgan fingerprint density at radius 1 is 0.821 bits per heavy atom. The Bertz CT molecular complexity index is 388. The van der Waals surface area contributed by atoms with Crippen LogP contribution in [0.3, 0.4) is 0 Å². The lowest BCUT2D eigenvalue weighted by Crippen LogP contribution is -2.44. The van der Waals surface area contributed by atoms with Crippen molar-refractivity contribution >= 4 is 14.3 Å². The van der Waals surface area contributed by atoms with E-state index < -0.39 is 8.32 Å². The molecule has 0 aliphatic rings. The molecule has 3 nitrogen and oxygen atoms in total. The van der Waals surface area contributed by atoms with E-state index in [1.807, 2.05) is 0 Å². The number of esters is 1. The molecule has 0 fully saturated rings. The lowest BCUT2D eigenvalue weighted by molar-refractivity contribution is -0.140. The molecule has 0 amide bonds. The van der Waals surface area contributed by atoms with Crippen molar-refractivity contribution in [3.05, 3.63) is 0 Å². The predicted octanol–water partition coefficient (Wildman–Crippen LogP) is 8.03. The van der Waals surface area contributed by atoms with Gasteiger partial charge in [0, 0.05) is 12.5 Å². The Kier molecular flexibility index (Phi) is 15.3. The van der Waals surface area contributed by atoms with Gasteiger partial charge in [-0.2, -0.15) is 0 Å². The summed E-state index contributed by atoms with van der Waals surface area (Å²) in [4.78, 5) is 11.2. The average Bonchev–Trinajstić information content (AvgIpc) is 2.61. The zero-order valence-corrected chi connectivity index (χ0v) is 21.2. The minimum atomic E-state index is -1.70. The zero-order chi connectivity index (χ0) is 21.5. The highest BCUT2D eigenvalue weighted by atomic mass is 28.4. The quantitative estimate of drug-likeness (QED) is 0.137. The molecule has 0 aliphatic heterocycles. The van der Waals surface area contributed by atoms with Gasteiger partial charge in [0.2, 0.25) is 0 Å². The fourth-order valence-electron chi connectivity index (χ4n) is 3.28. The summed E-state index contributed by atoms with van der Waals surface area (Å²) in [6, 6.07) is 0. The first-order valence-corrected chi connectivity index (χ1v) is 14.8. The smallest absolute Gasteiger partial charge is 0.305 e. The Hall–Kier alpha value is -0.353. The standard InChI is InChI=1S/C24H50O3Si/c1-8-9-10-11-13-16-19-22(27-28(6,7)24(2,3)4)20-17-14-12-15-18-21-23(25)26-5/h22H,8-21H2,1-7H3. The van der Waals surface area contributed by atoms with Crippen molar-refractivity contribution < 1.29 is 14.0 Å². The van der Waals surface area contributed by atoms with Crippen molar-refractivity contribution in [2.75, 3.05) is 7.11 Å². The molecule has 0 radical (unpaired) electrons. The van der Waals surface area contributed by atoms with Crippen molar-refractivity contribution in [2.24, 2.45) is 0 Å². The molecule has 0 aliphatic carbocycles. The van der Waals surface area contributed by atoms with Crippen LogP contribution in [0, 0.1) is 0 Å². The highest BCUT2D eigenvalue weighted by Gasteiger charge is 2.38. The van der Waals surface area contributed by atoms with E-state index in [1.165, 1.54) is 77.7 Å². The van der Waals surface area contributed by atoms with Crippen LogP contribution in [0.1, 0.15) is 118 Å². The van der Waals surface area contributed by atoms with E-state index in [0.29, 0.717) is 12.5 Å². The molecule has 0 bridgehead atoms. The number of methoxy groups -OCH3 is 1. The number of carbonyl (C=O) groups is 1. The summed E-state index contributed by atoms with van der Waals surface area (Å²) < 4.78 is 11.5. The molecule has 0 saturated heterocycles. The van der Waals surface area contributed by atoms with Crippen molar-refractivity contribution in [2.45, 2.75) is 142 Å². The molecular weight excluding hydrogens is 364 g/mol. The third-order valence-corrected chi connectivity index (χ3v) is 10.8. The summed E-state index contributed by atoms with van der Waals surface area (Å²) in [6.45, 7) is 14.0. The normalized spacial score (nSPS) is 13.5. The fourth-order valence-corrected chi connectivity index (χ4v) is 4.70. The van der Waals surface area contributed by atoms with Crippen molar-refractivity contribution in [1.82, 2.24) is 0 Å². The monoisotopic (exact) mass is 414 g/mol. The number of hydrogen-bond donors (Lipinski definition) is 0. The van der Waals surface area contributed by atoms with E-state index in [2.05, 4.69) is 40.8 Å². The van der Waals surface area contributed by atoms with Gasteiger partial charge in [0.15, 0.2) is 8.32 Å².